The van der Waals surface area contributed by atoms with Crippen molar-refractivity contribution >= 4 is 0 Å². The summed E-state index contributed by atoms with van der Waals surface area (Å²) in [5.41, 5.74) is -2.80. The molecule has 0 fully saturated rings. The minimum absolute atomic E-state index is 0.509. The zero-order chi connectivity index (χ0) is 10.7. The average Bonchev–Trinajstić information content (AvgIpc) is 1.98. The summed E-state index contributed by atoms with van der Waals surface area (Å²) in [6, 6.07) is 0. The van der Waals surface area contributed by atoms with Crippen LogP contribution in [0.3, 0.4) is 0 Å². The van der Waals surface area contributed by atoms with Crippen LogP contribution in [0.25, 0.3) is 0 Å². The number of hydrogen-bond donors (Lipinski definition) is 3. The number of rotatable bonds is 2. The van der Waals surface area contributed by atoms with Gasteiger partial charge in [0.15, 0.2) is 5.60 Å². The van der Waals surface area contributed by atoms with Crippen LogP contribution in [-0.4, -0.2) is 32.6 Å². The summed E-state index contributed by atoms with van der Waals surface area (Å²) in [6.45, 7) is 6.15. The van der Waals surface area contributed by atoms with Gasteiger partial charge in [-0.05, 0) is 27.2 Å². The van der Waals surface area contributed by atoms with Gasteiger partial charge in [-0.15, -0.1) is 0 Å². The Morgan fingerprint density at radius 1 is 1.23 bits per heavy atom. The Labute approximate surface area is 79.4 Å². The second-order valence-electron chi connectivity index (χ2n) is 3.82. The summed E-state index contributed by atoms with van der Waals surface area (Å²) in [5, 5.41) is 28.3. The molecule has 0 aliphatic carbocycles. The molecular formula is C10H18O3. The predicted octanol–water partition coefficient (Wildman–Crippen LogP) is 0.283. The van der Waals surface area contributed by atoms with E-state index >= 15 is 0 Å². The van der Waals surface area contributed by atoms with Crippen molar-refractivity contribution in [2.45, 2.75) is 51.4 Å². The van der Waals surface area contributed by atoms with E-state index in [9.17, 15) is 10.2 Å². The van der Waals surface area contributed by atoms with Crippen molar-refractivity contribution in [3.8, 4) is 11.8 Å². The average molecular weight is 186 g/mol. The summed E-state index contributed by atoms with van der Waals surface area (Å²) < 4.78 is 0. The van der Waals surface area contributed by atoms with Crippen molar-refractivity contribution in [1.29, 1.82) is 0 Å². The summed E-state index contributed by atoms with van der Waals surface area (Å²) in [4.78, 5) is 0. The molecule has 0 bridgehead atoms. The highest BCUT2D eigenvalue weighted by atomic mass is 16.3. The fourth-order valence-electron chi connectivity index (χ4n) is 0.479. The van der Waals surface area contributed by atoms with E-state index in [1.807, 2.05) is 0 Å². The Balaban J connectivity index is 4.56. The molecule has 3 heteroatoms. The molecule has 0 aliphatic heterocycles. The maximum Gasteiger partial charge on any atom is 0.150 e. The van der Waals surface area contributed by atoms with Crippen LogP contribution in [0.1, 0.15) is 34.1 Å². The summed E-state index contributed by atoms with van der Waals surface area (Å²) in [7, 11) is 0. The van der Waals surface area contributed by atoms with E-state index in [4.69, 9.17) is 5.11 Å². The van der Waals surface area contributed by atoms with E-state index in [-0.39, 0.29) is 0 Å². The molecule has 0 saturated heterocycles. The van der Waals surface area contributed by atoms with Gasteiger partial charge >= 0.3 is 0 Å². The number of aliphatic hydroxyl groups excluding tert-OH is 1. The van der Waals surface area contributed by atoms with Gasteiger partial charge in [-0.25, -0.2) is 0 Å². The second kappa shape index (κ2) is 4.10. The highest BCUT2D eigenvalue weighted by molar-refractivity contribution is 5.19. The van der Waals surface area contributed by atoms with Gasteiger partial charge in [-0.2, -0.15) is 0 Å². The lowest BCUT2D eigenvalue weighted by atomic mass is 9.88. The normalized spacial score (nSPS) is 18.4. The molecule has 0 saturated carbocycles. The van der Waals surface area contributed by atoms with E-state index < -0.39 is 17.3 Å². The number of hydrogen-bond acceptors (Lipinski definition) is 3. The molecular weight excluding hydrogens is 168 g/mol. The molecule has 0 spiro atoms. The van der Waals surface area contributed by atoms with Gasteiger partial charge < -0.3 is 15.3 Å². The second-order valence-corrected chi connectivity index (χ2v) is 3.82. The monoisotopic (exact) mass is 186 g/mol. The molecule has 3 nitrogen and oxygen atoms in total. The van der Waals surface area contributed by atoms with Crippen LogP contribution in [0, 0.1) is 11.8 Å². The summed E-state index contributed by atoms with van der Waals surface area (Å²) >= 11 is 0. The Kier molecular flexibility index (Phi) is 3.92. The quantitative estimate of drug-likeness (QED) is 0.543. The molecule has 76 valence electrons. The first kappa shape index (κ1) is 12.4. The van der Waals surface area contributed by atoms with Crippen LogP contribution in [0.2, 0.25) is 0 Å². The van der Waals surface area contributed by atoms with Gasteiger partial charge in [0.05, 0.1) is 5.60 Å². The molecule has 2 atom stereocenters. The molecule has 0 aliphatic rings. The van der Waals surface area contributed by atoms with Crippen LogP contribution in [-0.2, 0) is 0 Å². The molecule has 3 N–H and O–H groups in total. The molecule has 0 radical (unpaired) electrons. The Morgan fingerprint density at radius 3 is 2.00 bits per heavy atom. The first-order valence-electron chi connectivity index (χ1n) is 4.36. The van der Waals surface area contributed by atoms with Crippen LogP contribution in [0.15, 0.2) is 0 Å². The van der Waals surface area contributed by atoms with E-state index in [2.05, 4.69) is 11.8 Å². The molecule has 0 aromatic heterocycles. The third-order valence-electron chi connectivity index (χ3n) is 2.06. The lowest BCUT2D eigenvalue weighted by molar-refractivity contribution is -0.0822. The van der Waals surface area contributed by atoms with Crippen molar-refractivity contribution in [3.05, 3.63) is 0 Å². The molecule has 0 heterocycles. The van der Waals surface area contributed by atoms with Gasteiger partial charge in [-0.3, -0.25) is 0 Å². The van der Waals surface area contributed by atoms with Crippen molar-refractivity contribution < 1.29 is 15.3 Å². The van der Waals surface area contributed by atoms with E-state index in [1.54, 1.807) is 6.92 Å². The molecule has 0 rings (SSSR count). The van der Waals surface area contributed by atoms with Crippen LogP contribution in [0.4, 0.5) is 0 Å². The van der Waals surface area contributed by atoms with Crippen molar-refractivity contribution in [3.63, 3.8) is 0 Å². The Hall–Kier alpha value is -0.560. The molecule has 0 amide bonds. The van der Waals surface area contributed by atoms with Crippen molar-refractivity contribution in [2.24, 2.45) is 0 Å². The minimum Gasteiger partial charge on any atom is -0.386 e. The van der Waals surface area contributed by atoms with Crippen molar-refractivity contribution in [1.82, 2.24) is 0 Å². The smallest absolute Gasteiger partial charge is 0.150 e. The topological polar surface area (TPSA) is 60.7 Å². The standard InChI is InChI=1S/C10H18O3/c1-5-8(11)6-7-10(4,13)9(2,3)12/h8,11-13H,5H2,1-4H3. The molecule has 0 aromatic carbocycles. The SMILES string of the molecule is CCC(O)C#CC(C)(O)C(C)(C)O. The Morgan fingerprint density at radius 2 is 1.69 bits per heavy atom. The zero-order valence-corrected chi connectivity index (χ0v) is 8.63. The van der Waals surface area contributed by atoms with Crippen molar-refractivity contribution in [2.75, 3.05) is 0 Å². The fourth-order valence-corrected chi connectivity index (χ4v) is 0.479. The van der Waals surface area contributed by atoms with E-state index in [1.165, 1.54) is 20.8 Å². The predicted molar refractivity (Wildman–Crippen MR) is 51.0 cm³/mol. The highest BCUT2D eigenvalue weighted by Crippen LogP contribution is 2.19. The van der Waals surface area contributed by atoms with Gasteiger partial charge in [-0.1, -0.05) is 18.8 Å². The zero-order valence-electron chi connectivity index (χ0n) is 8.63. The largest absolute Gasteiger partial charge is 0.386 e. The minimum atomic E-state index is -1.50. The van der Waals surface area contributed by atoms with Gasteiger partial charge in [0.2, 0.25) is 0 Å². The van der Waals surface area contributed by atoms with E-state index in [0.717, 1.165) is 0 Å². The highest BCUT2D eigenvalue weighted by Gasteiger charge is 2.35. The molecule has 2 unspecified atom stereocenters. The third-order valence-corrected chi connectivity index (χ3v) is 2.06. The maximum absolute atomic E-state index is 9.66. The van der Waals surface area contributed by atoms with Gasteiger partial charge in [0.25, 0.3) is 0 Å². The van der Waals surface area contributed by atoms with Gasteiger partial charge in [0.1, 0.15) is 6.10 Å². The van der Waals surface area contributed by atoms with Crippen LogP contribution >= 0.6 is 0 Å². The van der Waals surface area contributed by atoms with Gasteiger partial charge in [0, 0.05) is 0 Å². The first-order chi connectivity index (χ1) is 5.70. The van der Waals surface area contributed by atoms with E-state index in [0.29, 0.717) is 6.42 Å². The fraction of sp³-hybridized carbons (Fsp3) is 0.800. The Bertz CT molecular complexity index is 215. The summed E-state index contributed by atoms with van der Waals surface area (Å²) in [5.74, 6) is 4.93. The third kappa shape index (κ3) is 3.77. The molecule has 13 heavy (non-hydrogen) atoms. The van der Waals surface area contributed by atoms with Crippen LogP contribution in [0.5, 0.6) is 0 Å². The summed E-state index contributed by atoms with van der Waals surface area (Å²) in [6.07, 6.45) is -0.233. The number of aliphatic hydroxyl groups is 3. The molecule has 0 aromatic rings. The lowest BCUT2D eigenvalue weighted by Crippen LogP contribution is -2.46. The first-order valence-corrected chi connectivity index (χ1v) is 4.36. The van der Waals surface area contributed by atoms with Crippen LogP contribution < -0.4 is 0 Å². The maximum atomic E-state index is 9.66. The lowest BCUT2D eigenvalue weighted by Gasteiger charge is -2.30.